The molecule has 0 aliphatic rings. The lowest BCUT2D eigenvalue weighted by Crippen LogP contribution is -2.42. The van der Waals surface area contributed by atoms with E-state index in [2.05, 4.69) is 9.88 Å². The van der Waals surface area contributed by atoms with Gasteiger partial charge in [-0.1, -0.05) is 19.1 Å². The fraction of sp³-hybridized carbons (Fsp3) is 0.333. The summed E-state index contributed by atoms with van der Waals surface area (Å²) in [6.07, 6.45) is -5.35. The molecule has 0 radical (unpaired) electrons. The van der Waals surface area contributed by atoms with Gasteiger partial charge in [0.2, 0.25) is 11.9 Å². The highest BCUT2D eigenvalue weighted by atomic mass is 32.2. The lowest BCUT2D eigenvalue weighted by Gasteiger charge is -2.24. The summed E-state index contributed by atoms with van der Waals surface area (Å²) in [7, 11) is -4.04. The Hall–Kier alpha value is -4.28. The predicted molar refractivity (Wildman–Crippen MR) is 130 cm³/mol. The number of sulfonamides is 1. The van der Waals surface area contributed by atoms with Gasteiger partial charge in [-0.2, -0.15) is 13.2 Å². The number of carbonyl (C=O) groups excluding carboxylic acids is 1. The Balaban J connectivity index is 0.000000905. The van der Waals surface area contributed by atoms with Crippen LogP contribution in [0, 0.1) is 6.92 Å². The highest BCUT2D eigenvalue weighted by Crippen LogP contribution is 2.19. The zero-order valence-electron chi connectivity index (χ0n) is 20.4. The van der Waals surface area contributed by atoms with E-state index in [1.807, 2.05) is 6.92 Å². The summed E-state index contributed by atoms with van der Waals surface area (Å²) in [5.41, 5.74) is 16.2. The molecule has 2 aromatic rings. The first-order chi connectivity index (χ1) is 17.4. The summed E-state index contributed by atoms with van der Waals surface area (Å²) < 4.78 is 60.5. The molecule has 2 unspecified atom stereocenters. The molecule has 2 atom stereocenters. The van der Waals surface area contributed by atoms with Crippen molar-refractivity contribution in [1.29, 1.82) is 0 Å². The van der Waals surface area contributed by atoms with Gasteiger partial charge in [0.25, 0.3) is 15.6 Å². The molecule has 38 heavy (non-hydrogen) atoms. The van der Waals surface area contributed by atoms with Gasteiger partial charge >= 0.3 is 12.1 Å². The Morgan fingerprint density at radius 2 is 1.66 bits per heavy atom. The number of carbonyl (C=O) groups is 2. The molecule has 0 saturated heterocycles. The number of nitrogens with one attached hydrogen (secondary N) is 1. The molecule has 0 saturated carbocycles. The molecule has 8 N–H and O–H groups in total. The SMILES string of the molecule is CCc1ccc(S(=O)(=O)Nc2ccc(C)n(C(C(N)=O)C(C)ON=C(N)N)c2=O)cc1.O=C(O)C(F)(F)F. The Morgan fingerprint density at radius 3 is 2.08 bits per heavy atom. The second-order valence-electron chi connectivity index (χ2n) is 7.64. The van der Waals surface area contributed by atoms with E-state index in [-0.39, 0.29) is 16.5 Å². The normalized spacial score (nSPS) is 12.8. The predicted octanol–water partition coefficient (Wildman–Crippen LogP) is 0.773. The van der Waals surface area contributed by atoms with Crippen LogP contribution in [0.4, 0.5) is 18.9 Å². The number of rotatable bonds is 9. The summed E-state index contributed by atoms with van der Waals surface area (Å²) >= 11 is 0. The number of aliphatic carboxylic acids is 1. The first-order valence-corrected chi connectivity index (χ1v) is 12.1. The van der Waals surface area contributed by atoms with E-state index in [0.717, 1.165) is 16.6 Å². The maximum atomic E-state index is 13.1. The number of hydrogen-bond acceptors (Lipinski definition) is 7. The molecule has 17 heteroatoms. The second-order valence-corrected chi connectivity index (χ2v) is 9.33. The van der Waals surface area contributed by atoms with Crippen molar-refractivity contribution in [2.45, 2.75) is 50.4 Å². The number of anilines is 1. The lowest BCUT2D eigenvalue weighted by atomic mass is 10.1. The van der Waals surface area contributed by atoms with Crippen molar-refractivity contribution in [2.75, 3.05) is 4.72 Å². The van der Waals surface area contributed by atoms with Gasteiger partial charge in [-0.25, -0.2) is 13.2 Å². The smallest absolute Gasteiger partial charge is 0.475 e. The molecule has 0 fully saturated rings. The number of aryl methyl sites for hydroxylation is 2. The molecule has 0 spiro atoms. The van der Waals surface area contributed by atoms with Gasteiger partial charge < -0.3 is 27.1 Å². The van der Waals surface area contributed by atoms with Crippen molar-refractivity contribution in [3.63, 3.8) is 0 Å². The largest absolute Gasteiger partial charge is 0.490 e. The fourth-order valence-electron chi connectivity index (χ4n) is 2.95. The minimum absolute atomic E-state index is 0.00728. The van der Waals surface area contributed by atoms with Crippen LogP contribution in [-0.2, 0) is 30.9 Å². The third kappa shape index (κ3) is 8.68. The molecule has 2 rings (SSSR count). The van der Waals surface area contributed by atoms with Crippen molar-refractivity contribution in [3.05, 3.63) is 58.0 Å². The number of pyridine rings is 1. The molecule has 13 nitrogen and oxygen atoms in total. The van der Waals surface area contributed by atoms with Gasteiger partial charge in [-0.3, -0.25) is 18.9 Å². The number of halogens is 3. The molecule has 0 bridgehead atoms. The van der Waals surface area contributed by atoms with E-state index < -0.39 is 45.8 Å². The number of hydrogen-bond donors (Lipinski definition) is 5. The van der Waals surface area contributed by atoms with Crippen LogP contribution in [0.3, 0.4) is 0 Å². The number of primary amides is 1. The molecule has 1 amide bonds. The number of carboxylic acids is 1. The third-order valence-corrected chi connectivity index (χ3v) is 6.17. The van der Waals surface area contributed by atoms with Crippen LogP contribution in [0.1, 0.15) is 31.1 Å². The minimum atomic E-state index is -5.08. The van der Waals surface area contributed by atoms with Gasteiger partial charge in [0, 0.05) is 5.69 Å². The van der Waals surface area contributed by atoms with E-state index in [9.17, 15) is 31.2 Å². The Morgan fingerprint density at radius 1 is 1.13 bits per heavy atom. The molecule has 1 aromatic heterocycles. The average molecular weight is 565 g/mol. The lowest BCUT2D eigenvalue weighted by molar-refractivity contribution is -0.192. The van der Waals surface area contributed by atoms with E-state index in [1.165, 1.54) is 31.2 Å². The van der Waals surface area contributed by atoms with Crippen LogP contribution in [0.5, 0.6) is 0 Å². The molecule has 210 valence electrons. The summed E-state index contributed by atoms with van der Waals surface area (Å²) in [5, 5.41) is 10.5. The maximum Gasteiger partial charge on any atom is 0.490 e. The third-order valence-electron chi connectivity index (χ3n) is 4.79. The number of carboxylic acid groups (broad SMARTS) is 1. The number of benzene rings is 1. The first kappa shape index (κ1) is 31.7. The average Bonchev–Trinajstić information content (AvgIpc) is 2.81. The quantitative estimate of drug-likeness (QED) is 0.165. The van der Waals surface area contributed by atoms with Crippen LogP contribution in [0.2, 0.25) is 0 Å². The number of aromatic nitrogens is 1. The van der Waals surface area contributed by atoms with Gasteiger partial charge in [0.15, 0.2) is 12.1 Å². The van der Waals surface area contributed by atoms with Crippen molar-refractivity contribution in [3.8, 4) is 0 Å². The number of alkyl halides is 3. The van der Waals surface area contributed by atoms with E-state index in [4.69, 9.17) is 31.9 Å². The first-order valence-electron chi connectivity index (χ1n) is 10.6. The van der Waals surface area contributed by atoms with Crippen LogP contribution < -0.4 is 27.5 Å². The summed E-state index contributed by atoms with van der Waals surface area (Å²) in [4.78, 5) is 39.1. The number of nitrogens with zero attached hydrogens (tertiary/aromatic N) is 2. The summed E-state index contributed by atoms with van der Waals surface area (Å²) in [6.45, 7) is 4.95. The van der Waals surface area contributed by atoms with Crippen molar-refractivity contribution in [2.24, 2.45) is 22.4 Å². The fourth-order valence-corrected chi connectivity index (χ4v) is 4.00. The van der Waals surface area contributed by atoms with Gasteiger partial charge in [0.1, 0.15) is 5.69 Å². The molecule has 1 aromatic carbocycles. The monoisotopic (exact) mass is 564 g/mol. The van der Waals surface area contributed by atoms with Gasteiger partial charge in [-0.05, 0) is 55.3 Å². The zero-order chi connectivity index (χ0) is 29.4. The second kappa shape index (κ2) is 12.8. The van der Waals surface area contributed by atoms with Crippen LogP contribution >= 0.6 is 0 Å². The highest BCUT2D eigenvalue weighted by Gasteiger charge is 2.38. The van der Waals surface area contributed by atoms with Crippen LogP contribution in [-0.4, -0.2) is 48.2 Å². The Labute approximate surface area is 215 Å². The Bertz CT molecular complexity index is 1340. The number of guanidine groups is 1. The minimum Gasteiger partial charge on any atom is -0.475 e. The van der Waals surface area contributed by atoms with Crippen molar-refractivity contribution in [1.82, 2.24) is 4.57 Å². The molecular weight excluding hydrogens is 537 g/mol. The zero-order valence-corrected chi connectivity index (χ0v) is 21.2. The van der Waals surface area contributed by atoms with E-state index >= 15 is 0 Å². The van der Waals surface area contributed by atoms with E-state index in [1.54, 1.807) is 19.1 Å². The topological polar surface area (TPSA) is 222 Å². The highest BCUT2D eigenvalue weighted by molar-refractivity contribution is 7.92. The van der Waals surface area contributed by atoms with Crippen molar-refractivity contribution >= 4 is 33.5 Å². The molecule has 1 heterocycles. The molecular formula is C21H27F3N6O7S. The number of amides is 1. The number of nitrogens with two attached hydrogens (primary N) is 3. The van der Waals surface area contributed by atoms with Crippen molar-refractivity contribution < 1.29 is 41.1 Å². The van der Waals surface area contributed by atoms with Gasteiger partial charge in [0.05, 0.1) is 4.90 Å². The number of oxime groups is 1. The maximum absolute atomic E-state index is 13.1. The summed E-state index contributed by atoms with van der Waals surface area (Å²) in [6, 6.07) is 7.76. The molecule has 0 aliphatic heterocycles. The van der Waals surface area contributed by atoms with Crippen LogP contribution in [0.15, 0.2) is 51.2 Å². The van der Waals surface area contributed by atoms with E-state index in [0.29, 0.717) is 5.69 Å². The summed E-state index contributed by atoms with van der Waals surface area (Å²) in [5.74, 6) is -4.03. The van der Waals surface area contributed by atoms with Gasteiger partial charge in [-0.15, -0.1) is 0 Å². The standard InChI is InChI=1S/C19H26N6O5S.C2HF3O2/c1-4-13-6-8-14(9-7-13)31(28,29)24-15-10-5-11(2)25(18(15)27)16(17(20)26)12(3)30-23-19(21)22;3-2(4,5)1(6)7/h5-10,12,16,24H,4H2,1-3H3,(H2,20,26)(H4,21,22,23);(H,6,7). The van der Waals surface area contributed by atoms with Crippen LogP contribution in [0.25, 0.3) is 0 Å². The Kier molecular flexibility index (Phi) is 10.7. The molecule has 0 aliphatic carbocycles.